The van der Waals surface area contributed by atoms with Gasteiger partial charge in [0.15, 0.2) is 11.7 Å². The Balaban J connectivity index is 1.87. The summed E-state index contributed by atoms with van der Waals surface area (Å²) in [5.74, 6) is -0.156. The van der Waals surface area contributed by atoms with Gasteiger partial charge < -0.3 is 14.8 Å². The molecule has 0 aliphatic carbocycles. The van der Waals surface area contributed by atoms with Gasteiger partial charge in [0, 0.05) is 24.9 Å². The number of carbonyl (C=O) groups excluding carboxylic acids is 1. The van der Waals surface area contributed by atoms with Gasteiger partial charge in [-0.2, -0.15) is 0 Å². The minimum atomic E-state index is -0.880. The van der Waals surface area contributed by atoms with Gasteiger partial charge in [0.2, 0.25) is 5.91 Å². The third kappa shape index (κ3) is 5.72. The number of nitrogens with one attached hydrogen (secondary N) is 1. The van der Waals surface area contributed by atoms with Crippen LogP contribution in [0.15, 0.2) is 34.7 Å². The molecule has 0 radical (unpaired) electrons. The van der Waals surface area contributed by atoms with Crippen LogP contribution in [-0.2, 0) is 16.0 Å². The molecule has 140 valence electrons. The van der Waals surface area contributed by atoms with E-state index < -0.39 is 11.9 Å². The molecule has 0 bridgehead atoms. The largest absolute Gasteiger partial charge is 0.481 e. The van der Waals surface area contributed by atoms with Gasteiger partial charge >= 0.3 is 5.97 Å². The summed E-state index contributed by atoms with van der Waals surface area (Å²) in [7, 11) is 0. The summed E-state index contributed by atoms with van der Waals surface area (Å²) < 4.78 is 5.78. The summed E-state index contributed by atoms with van der Waals surface area (Å²) in [5.41, 5.74) is 1.74. The number of oxazole rings is 1. The monoisotopic (exact) mass is 358 g/mol. The van der Waals surface area contributed by atoms with E-state index in [9.17, 15) is 14.7 Å². The minimum Gasteiger partial charge on any atom is -0.481 e. The molecule has 1 aromatic carbocycles. The molecule has 2 aromatic rings. The molecule has 0 saturated carbocycles. The highest BCUT2D eigenvalue weighted by atomic mass is 16.4. The van der Waals surface area contributed by atoms with Crippen molar-refractivity contribution in [2.45, 2.75) is 40.0 Å². The Kier molecular flexibility index (Phi) is 6.95. The maximum atomic E-state index is 12.0. The van der Waals surface area contributed by atoms with Crippen molar-refractivity contribution < 1.29 is 19.1 Å². The Bertz CT molecular complexity index is 738. The quantitative estimate of drug-likeness (QED) is 0.716. The average molecular weight is 358 g/mol. The van der Waals surface area contributed by atoms with Crippen molar-refractivity contribution in [2.75, 3.05) is 6.54 Å². The van der Waals surface area contributed by atoms with E-state index in [1.165, 1.54) is 0 Å². The Labute approximate surface area is 153 Å². The van der Waals surface area contributed by atoms with Gasteiger partial charge in [0.25, 0.3) is 0 Å². The summed E-state index contributed by atoms with van der Waals surface area (Å²) >= 11 is 0. The molecule has 0 aliphatic heterocycles. The van der Waals surface area contributed by atoms with Gasteiger partial charge in [-0.25, -0.2) is 4.98 Å². The van der Waals surface area contributed by atoms with E-state index in [1.807, 2.05) is 51.1 Å². The Morgan fingerprint density at radius 3 is 2.54 bits per heavy atom. The molecule has 1 heterocycles. The van der Waals surface area contributed by atoms with E-state index >= 15 is 0 Å². The standard InChI is InChI=1S/C20H26N2O4/c1-13(2)11-16(20(24)25)12-21-17(23)9-10-18-22-14(3)19(26-18)15-7-5-4-6-8-15/h4-8,13,16H,9-12H2,1-3H3,(H,21,23)(H,24,25). The number of benzene rings is 1. The predicted octanol–water partition coefficient (Wildman–Crippen LogP) is 3.45. The molecule has 1 aromatic heterocycles. The lowest BCUT2D eigenvalue weighted by Gasteiger charge is -2.15. The number of aromatic nitrogens is 1. The van der Waals surface area contributed by atoms with Crippen LogP contribution in [0.2, 0.25) is 0 Å². The minimum absolute atomic E-state index is 0.145. The number of carboxylic acid groups (broad SMARTS) is 1. The summed E-state index contributed by atoms with van der Waals surface area (Å²) in [5, 5.41) is 11.9. The lowest BCUT2D eigenvalue weighted by Crippen LogP contribution is -2.33. The van der Waals surface area contributed by atoms with Gasteiger partial charge in [-0.1, -0.05) is 44.2 Å². The number of carboxylic acids is 1. The topological polar surface area (TPSA) is 92.4 Å². The number of carbonyl (C=O) groups is 2. The molecule has 6 heteroatoms. The molecule has 2 N–H and O–H groups in total. The number of aliphatic carboxylic acids is 1. The fraction of sp³-hybridized carbons (Fsp3) is 0.450. The molecular formula is C20H26N2O4. The third-order valence-corrected chi connectivity index (χ3v) is 4.09. The zero-order valence-corrected chi connectivity index (χ0v) is 15.5. The molecule has 26 heavy (non-hydrogen) atoms. The third-order valence-electron chi connectivity index (χ3n) is 4.09. The summed E-state index contributed by atoms with van der Waals surface area (Å²) in [6, 6.07) is 9.69. The second-order valence-electron chi connectivity index (χ2n) is 6.86. The van der Waals surface area contributed by atoms with E-state index in [-0.39, 0.29) is 24.8 Å². The summed E-state index contributed by atoms with van der Waals surface area (Å²) in [4.78, 5) is 27.6. The average Bonchev–Trinajstić information content (AvgIpc) is 2.97. The normalized spacial score (nSPS) is 12.2. The van der Waals surface area contributed by atoms with Crippen molar-refractivity contribution in [3.8, 4) is 11.3 Å². The number of hydrogen-bond donors (Lipinski definition) is 2. The second-order valence-corrected chi connectivity index (χ2v) is 6.86. The van der Waals surface area contributed by atoms with Crippen LogP contribution in [0.3, 0.4) is 0 Å². The molecule has 2 rings (SSSR count). The maximum Gasteiger partial charge on any atom is 0.308 e. The highest BCUT2D eigenvalue weighted by Gasteiger charge is 2.20. The molecule has 1 atom stereocenters. The smallest absolute Gasteiger partial charge is 0.308 e. The molecule has 0 spiro atoms. The second kappa shape index (κ2) is 9.17. The molecule has 0 aliphatic rings. The first-order chi connectivity index (χ1) is 12.4. The number of nitrogens with zero attached hydrogens (tertiary/aromatic N) is 1. The van der Waals surface area contributed by atoms with Crippen LogP contribution in [0, 0.1) is 18.8 Å². The highest BCUT2D eigenvalue weighted by Crippen LogP contribution is 2.24. The van der Waals surface area contributed by atoms with E-state index in [0.717, 1.165) is 11.3 Å². The first-order valence-electron chi connectivity index (χ1n) is 8.88. The molecule has 1 unspecified atom stereocenters. The first kappa shape index (κ1) is 19.7. The van der Waals surface area contributed by atoms with Crippen molar-refractivity contribution in [2.24, 2.45) is 11.8 Å². The van der Waals surface area contributed by atoms with Gasteiger partial charge in [0.05, 0.1) is 11.6 Å². The van der Waals surface area contributed by atoms with E-state index in [4.69, 9.17) is 4.42 Å². The van der Waals surface area contributed by atoms with Gasteiger partial charge in [-0.15, -0.1) is 0 Å². The van der Waals surface area contributed by atoms with Crippen LogP contribution in [-0.4, -0.2) is 28.5 Å². The molecule has 1 amide bonds. The number of amides is 1. The fourth-order valence-electron chi connectivity index (χ4n) is 2.80. The molecule has 0 fully saturated rings. The van der Waals surface area contributed by atoms with E-state index in [1.54, 1.807) is 0 Å². The summed E-state index contributed by atoms with van der Waals surface area (Å²) in [6.07, 6.45) is 1.12. The highest BCUT2D eigenvalue weighted by molar-refractivity contribution is 5.77. The Morgan fingerprint density at radius 1 is 1.23 bits per heavy atom. The summed E-state index contributed by atoms with van der Waals surface area (Å²) in [6.45, 7) is 5.95. The Morgan fingerprint density at radius 2 is 1.92 bits per heavy atom. The maximum absolute atomic E-state index is 12.0. The van der Waals surface area contributed by atoms with E-state index in [2.05, 4.69) is 10.3 Å². The molecule has 6 nitrogen and oxygen atoms in total. The van der Waals surface area contributed by atoms with Crippen LogP contribution in [0.4, 0.5) is 0 Å². The van der Waals surface area contributed by atoms with Crippen LogP contribution in [0.25, 0.3) is 11.3 Å². The van der Waals surface area contributed by atoms with Crippen LogP contribution >= 0.6 is 0 Å². The number of hydrogen-bond acceptors (Lipinski definition) is 4. The number of rotatable bonds is 9. The van der Waals surface area contributed by atoms with Crippen molar-refractivity contribution in [3.05, 3.63) is 41.9 Å². The van der Waals surface area contributed by atoms with Crippen molar-refractivity contribution >= 4 is 11.9 Å². The SMILES string of the molecule is Cc1nc(CCC(=O)NCC(CC(C)C)C(=O)O)oc1-c1ccccc1. The lowest BCUT2D eigenvalue weighted by atomic mass is 9.97. The van der Waals surface area contributed by atoms with Crippen LogP contribution in [0.5, 0.6) is 0 Å². The predicted molar refractivity (Wildman–Crippen MR) is 98.6 cm³/mol. The van der Waals surface area contributed by atoms with Crippen LogP contribution in [0.1, 0.15) is 38.3 Å². The van der Waals surface area contributed by atoms with Gasteiger partial charge in [0.1, 0.15) is 0 Å². The van der Waals surface area contributed by atoms with Crippen molar-refractivity contribution in [1.29, 1.82) is 0 Å². The number of aryl methyl sites for hydroxylation is 2. The lowest BCUT2D eigenvalue weighted by molar-refractivity contribution is -0.142. The van der Waals surface area contributed by atoms with E-state index in [0.29, 0.717) is 24.5 Å². The Hall–Kier alpha value is -2.63. The van der Waals surface area contributed by atoms with Gasteiger partial charge in [-0.3, -0.25) is 9.59 Å². The molecular weight excluding hydrogens is 332 g/mol. The first-order valence-corrected chi connectivity index (χ1v) is 8.88. The van der Waals surface area contributed by atoms with Crippen molar-refractivity contribution in [1.82, 2.24) is 10.3 Å². The van der Waals surface area contributed by atoms with Crippen LogP contribution < -0.4 is 5.32 Å². The van der Waals surface area contributed by atoms with Gasteiger partial charge in [-0.05, 0) is 19.3 Å². The molecule has 0 saturated heterocycles. The fourth-order valence-corrected chi connectivity index (χ4v) is 2.80. The van der Waals surface area contributed by atoms with Crippen molar-refractivity contribution in [3.63, 3.8) is 0 Å². The zero-order valence-electron chi connectivity index (χ0n) is 15.5. The zero-order chi connectivity index (χ0) is 19.1.